The summed E-state index contributed by atoms with van der Waals surface area (Å²) in [5.74, 6) is 0. The minimum absolute atomic E-state index is 0.121. The average molecular weight is 203 g/mol. The fourth-order valence-electron chi connectivity index (χ4n) is 0.862. The molecule has 2 atom stereocenters. The lowest BCUT2D eigenvalue weighted by molar-refractivity contribution is 0.579. The summed E-state index contributed by atoms with van der Waals surface area (Å²) in [5.41, 5.74) is 0.887. The summed E-state index contributed by atoms with van der Waals surface area (Å²) in [5, 5.41) is 8.10. The van der Waals surface area contributed by atoms with Gasteiger partial charge in [-0.25, -0.2) is 0 Å². The smallest absolute Gasteiger partial charge is 0.111 e. The molecule has 0 aromatic rings. The maximum Gasteiger partial charge on any atom is 0.111 e. The van der Waals surface area contributed by atoms with Gasteiger partial charge < -0.3 is 0 Å². The number of rotatable bonds is 1. The Morgan fingerprint density at radius 2 is 2.30 bits per heavy atom. The van der Waals surface area contributed by atoms with E-state index >= 15 is 0 Å². The lowest BCUT2D eigenvalue weighted by Crippen LogP contribution is -2.26. The predicted octanol–water partition coefficient (Wildman–Crippen LogP) is 2.90. The molecule has 0 bridgehead atoms. The number of alkyl halides is 1. The maximum absolute atomic E-state index is 4.13. The largest absolute Gasteiger partial charge is 0.177 e. The van der Waals surface area contributed by atoms with E-state index in [1.54, 1.807) is 0 Å². The predicted molar refractivity (Wildman–Crippen MR) is 45.4 cm³/mol. The molecule has 0 fully saturated rings. The molecular formula is C7H11BrN2. The van der Waals surface area contributed by atoms with E-state index in [0.29, 0.717) is 4.83 Å². The van der Waals surface area contributed by atoms with Crippen molar-refractivity contribution in [1.82, 2.24) is 0 Å². The van der Waals surface area contributed by atoms with Crippen LogP contribution >= 0.6 is 15.9 Å². The number of azo groups is 1. The Hall–Kier alpha value is -0.180. The van der Waals surface area contributed by atoms with E-state index in [1.165, 1.54) is 0 Å². The Morgan fingerprint density at radius 1 is 1.70 bits per heavy atom. The zero-order valence-corrected chi connectivity index (χ0v) is 8.01. The van der Waals surface area contributed by atoms with E-state index < -0.39 is 0 Å². The fourth-order valence-corrected chi connectivity index (χ4v) is 1.09. The van der Waals surface area contributed by atoms with Crippen LogP contribution in [-0.4, -0.2) is 10.4 Å². The zero-order chi connectivity index (χ0) is 7.78. The number of hydrogen-bond acceptors (Lipinski definition) is 2. The molecule has 0 saturated carbocycles. The van der Waals surface area contributed by atoms with E-state index in [4.69, 9.17) is 0 Å². The molecule has 1 aliphatic rings. The summed E-state index contributed by atoms with van der Waals surface area (Å²) in [4.78, 5) is 0.348. The first kappa shape index (κ1) is 7.92. The molecule has 1 rings (SSSR count). The van der Waals surface area contributed by atoms with Crippen molar-refractivity contribution in [3.8, 4) is 0 Å². The normalized spacial score (nSPS) is 34.2. The van der Waals surface area contributed by atoms with Gasteiger partial charge in [-0.2, -0.15) is 10.2 Å². The van der Waals surface area contributed by atoms with Crippen molar-refractivity contribution in [2.75, 3.05) is 0 Å². The highest BCUT2D eigenvalue weighted by molar-refractivity contribution is 9.09. The third-order valence-electron chi connectivity index (χ3n) is 1.73. The van der Waals surface area contributed by atoms with Gasteiger partial charge in [-0.05, 0) is 26.8 Å². The number of hydrogen-bond donors (Lipinski definition) is 0. The molecule has 0 amide bonds. The molecule has 0 saturated heterocycles. The highest BCUT2D eigenvalue weighted by Gasteiger charge is 2.30. The first-order chi connectivity index (χ1) is 4.54. The van der Waals surface area contributed by atoms with Crippen LogP contribution in [0.15, 0.2) is 22.0 Å². The summed E-state index contributed by atoms with van der Waals surface area (Å²) in [6, 6.07) is 0. The molecule has 2 nitrogen and oxygen atoms in total. The van der Waals surface area contributed by atoms with Crippen LogP contribution in [0.1, 0.15) is 20.8 Å². The first-order valence-electron chi connectivity index (χ1n) is 3.31. The summed E-state index contributed by atoms with van der Waals surface area (Å²) in [6.45, 7) is 6.10. The van der Waals surface area contributed by atoms with E-state index in [2.05, 4.69) is 46.1 Å². The van der Waals surface area contributed by atoms with Crippen LogP contribution < -0.4 is 0 Å². The van der Waals surface area contributed by atoms with Crippen LogP contribution in [0.2, 0.25) is 0 Å². The Labute approximate surface area is 69.5 Å². The molecule has 0 aromatic carbocycles. The molecule has 0 radical (unpaired) electrons. The van der Waals surface area contributed by atoms with Crippen LogP contribution in [0.3, 0.4) is 0 Å². The van der Waals surface area contributed by atoms with Crippen molar-refractivity contribution in [1.29, 1.82) is 0 Å². The molecular weight excluding hydrogens is 192 g/mol. The van der Waals surface area contributed by atoms with Gasteiger partial charge in [0.25, 0.3) is 0 Å². The van der Waals surface area contributed by atoms with Crippen LogP contribution in [0, 0.1) is 0 Å². The van der Waals surface area contributed by atoms with Crippen molar-refractivity contribution >= 4 is 15.9 Å². The second-order valence-corrected chi connectivity index (χ2v) is 4.20. The standard InChI is InChI=1S/C7H11BrN2/c1-5-4-7(3,6(2)8)10-9-5/h4,6H,1-3H3. The Kier molecular flexibility index (Phi) is 1.95. The Balaban J connectivity index is 2.84. The van der Waals surface area contributed by atoms with Gasteiger partial charge in [-0.3, -0.25) is 0 Å². The van der Waals surface area contributed by atoms with Gasteiger partial charge in [-0.1, -0.05) is 15.9 Å². The summed E-state index contributed by atoms with van der Waals surface area (Å²) >= 11 is 3.49. The van der Waals surface area contributed by atoms with Crippen molar-refractivity contribution in [3.05, 3.63) is 11.8 Å². The molecule has 0 spiro atoms. The van der Waals surface area contributed by atoms with Crippen molar-refractivity contribution < 1.29 is 0 Å². The average Bonchev–Trinajstić information content (AvgIpc) is 2.13. The maximum atomic E-state index is 4.13. The van der Waals surface area contributed by atoms with Gasteiger partial charge in [0.15, 0.2) is 0 Å². The second kappa shape index (κ2) is 2.46. The van der Waals surface area contributed by atoms with Crippen LogP contribution in [-0.2, 0) is 0 Å². The molecule has 0 aliphatic carbocycles. The lowest BCUT2D eigenvalue weighted by atomic mass is 10.0. The van der Waals surface area contributed by atoms with Crippen LogP contribution in [0.25, 0.3) is 0 Å². The summed E-state index contributed by atoms with van der Waals surface area (Å²) in [7, 11) is 0. The highest BCUT2D eigenvalue weighted by atomic mass is 79.9. The molecule has 3 heteroatoms. The second-order valence-electron chi connectivity index (χ2n) is 2.83. The van der Waals surface area contributed by atoms with Gasteiger partial charge in [-0.15, -0.1) is 0 Å². The number of halogens is 1. The van der Waals surface area contributed by atoms with Crippen molar-refractivity contribution in [3.63, 3.8) is 0 Å². The molecule has 2 unspecified atom stereocenters. The number of allylic oxidation sites excluding steroid dienone is 1. The van der Waals surface area contributed by atoms with E-state index in [1.807, 2.05) is 6.92 Å². The monoisotopic (exact) mass is 202 g/mol. The fraction of sp³-hybridized carbons (Fsp3) is 0.714. The van der Waals surface area contributed by atoms with Crippen LogP contribution in [0.5, 0.6) is 0 Å². The van der Waals surface area contributed by atoms with E-state index in [-0.39, 0.29) is 5.54 Å². The zero-order valence-electron chi connectivity index (χ0n) is 6.43. The third kappa shape index (κ3) is 1.29. The molecule has 1 heterocycles. The molecule has 10 heavy (non-hydrogen) atoms. The minimum atomic E-state index is -0.121. The molecule has 1 aliphatic heterocycles. The lowest BCUT2D eigenvalue weighted by Gasteiger charge is -2.18. The van der Waals surface area contributed by atoms with Crippen molar-refractivity contribution in [2.24, 2.45) is 10.2 Å². The first-order valence-corrected chi connectivity index (χ1v) is 4.22. The van der Waals surface area contributed by atoms with Gasteiger partial charge in [0.1, 0.15) is 5.54 Å². The quantitative estimate of drug-likeness (QED) is 0.585. The summed E-state index contributed by atoms with van der Waals surface area (Å²) < 4.78 is 0. The minimum Gasteiger partial charge on any atom is -0.177 e. The van der Waals surface area contributed by atoms with Crippen molar-refractivity contribution in [2.45, 2.75) is 31.1 Å². The van der Waals surface area contributed by atoms with Crippen LogP contribution in [0.4, 0.5) is 0 Å². The highest BCUT2D eigenvalue weighted by Crippen LogP contribution is 2.30. The molecule has 56 valence electrons. The van der Waals surface area contributed by atoms with Gasteiger partial charge in [0.2, 0.25) is 0 Å². The number of nitrogens with zero attached hydrogens (tertiary/aromatic N) is 2. The van der Waals surface area contributed by atoms with Gasteiger partial charge in [0, 0.05) is 4.83 Å². The topological polar surface area (TPSA) is 24.7 Å². The SMILES string of the molecule is CC1=CC(C)(C(C)Br)N=N1. The summed E-state index contributed by atoms with van der Waals surface area (Å²) in [6.07, 6.45) is 2.08. The Bertz CT molecular complexity index is 196. The van der Waals surface area contributed by atoms with Gasteiger partial charge >= 0.3 is 0 Å². The van der Waals surface area contributed by atoms with E-state index in [0.717, 1.165) is 5.70 Å². The van der Waals surface area contributed by atoms with E-state index in [9.17, 15) is 0 Å². The third-order valence-corrected chi connectivity index (χ3v) is 2.66. The Morgan fingerprint density at radius 3 is 2.50 bits per heavy atom. The molecule has 0 aromatic heterocycles. The molecule has 0 N–H and O–H groups in total. The van der Waals surface area contributed by atoms with Gasteiger partial charge in [0.05, 0.1) is 5.70 Å².